The highest BCUT2D eigenvalue weighted by Crippen LogP contribution is 2.27. The van der Waals surface area contributed by atoms with Crippen LogP contribution in [0.5, 0.6) is 0 Å². The van der Waals surface area contributed by atoms with E-state index in [4.69, 9.17) is 4.74 Å². The summed E-state index contributed by atoms with van der Waals surface area (Å²) in [6, 6.07) is 6.40. The third-order valence-corrected chi connectivity index (χ3v) is 5.17. The maximum absolute atomic E-state index is 12.6. The zero-order chi connectivity index (χ0) is 19.8. The number of benzene rings is 1. The first-order valence-corrected chi connectivity index (χ1v) is 10.5. The zero-order valence-corrected chi connectivity index (χ0v) is 17.7. The fraction of sp³-hybridized carbons (Fsp3) is 0.550. The molecule has 0 aliphatic carbocycles. The van der Waals surface area contributed by atoms with Crippen LogP contribution in [0.25, 0.3) is 10.9 Å². The lowest BCUT2D eigenvalue weighted by molar-refractivity contribution is 0.00566. The average molecular weight is 389 g/mol. The first-order chi connectivity index (χ1) is 12.7. The molecule has 0 bridgehead atoms. The quantitative estimate of drug-likeness (QED) is 0.568. The Labute approximate surface area is 165 Å². The molecule has 27 heavy (non-hydrogen) atoms. The van der Waals surface area contributed by atoms with Gasteiger partial charge in [-0.1, -0.05) is 11.8 Å². The Hall–Kier alpha value is -2.02. The molecule has 6 nitrogen and oxygen atoms in total. The summed E-state index contributed by atoms with van der Waals surface area (Å²) < 4.78 is 5.59. The largest absolute Gasteiger partial charge is 0.444 e. The first kappa shape index (κ1) is 19.7. The van der Waals surface area contributed by atoms with Crippen molar-refractivity contribution in [3.05, 3.63) is 24.4 Å². The van der Waals surface area contributed by atoms with Gasteiger partial charge in [0.05, 0.1) is 17.6 Å². The number of fused-ring (bicyclic) bond motifs is 1. The van der Waals surface area contributed by atoms with E-state index in [-0.39, 0.29) is 18.2 Å². The fourth-order valence-corrected chi connectivity index (χ4v) is 3.85. The van der Waals surface area contributed by atoms with Crippen molar-refractivity contribution >= 4 is 34.4 Å². The first-order valence-electron chi connectivity index (χ1n) is 9.25. The predicted octanol–water partition coefficient (Wildman–Crippen LogP) is 4.19. The van der Waals surface area contributed by atoms with Crippen molar-refractivity contribution in [1.29, 1.82) is 0 Å². The Morgan fingerprint density at radius 1 is 1.22 bits per heavy atom. The van der Waals surface area contributed by atoms with Gasteiger partial charge in [-0.25, -0.2) is 14.8 Å². The number of hydrogen-bond donors (Lipinski definition) is 0. The van der Waals surface area contributed by atoms with Crippen LogP contribution in [-0.4, -0.2) is 58.0 Å². The van der Waals surface area contributed by atoms with Gasteiger partial charge in [0.15, 0.2) is 5.16 Å². The van der Waals surface area contributed by atoms with E-state index in [0.717, 1.165) is 34.8 Å². The molecule has 2 heterocycles. The zero-order valence-electron chi connectivity index (χ0n) is 16.9. The maximum Gasteiger partial charge on any atom is 0.410 e. The van der Waals surface area contributed by atoms with Crippen LogP contribution in [0.4, 0.5) is 10.5 Å². The van der Waals surface area contributed by atoms with E-state index >= 15 is 0 Å². The molecule has 1 aromatic carbocycles. The van der Waals surface area contributed by atoms with Gasteiger partial charge < -0.3 is 9.64 Å². The van der Waals surface area contributed by atoms with Gasteiger partial charge in [0.25, 0.3) is 0 Å². The van der Waals surface area contributed by atoms with Gasteiger partial charge in [-0.15, -0.1) is 0 Å². The molecule has 1 fully saturated rings. The van der Waals surface area contributed by atoms with Gasteiger partial charge in [0.2, 0.25) is 0 Å². The van der Waals surface area contributed by atoms with Crippen LogP contribution in [0.2, 0.25) is 0 Å². The third-order valence-electron chi connectivity index (χ3n) is 4.61. The monoisotopic (exact) mass is 388 g/mol. The van der Waals surface area contributed by atoms with E-state index in [2.05, 4.69) is 40.8 Å². The summed E-state index contributed by atoms with van der Waals surface area (Å²) in [5.74, 6) is 0. The minimum absolute atomic E-state index is 0.0643. The van der Waals surface area contributed by atoms with Crippen molar-refractivity contribution in [3.63, 3.8) is 0 Å². The summed E-state index contributed by atoms with van der Waals surface area (Å²) in [5, 5.41) is 1.81. The van der Waals surface area contributed by atoms with Crippen LogP contribution >= 0.6 is 11.8 Å². The molecule has 0 spiro atoms. The van der Waals surface area contributed by atoms with Gasteiger partial charge in [0, 0.05) is 30.4 Å². The van der Waals surface area contributed by atoms with Crippen molar-refractivity contribution in [2.45, 2.75) is 57.5 Å². The molecule has 1 aromatic heterocycles. The van der Waals surface area contributed by atoms with Gasteiger partial charge in [-0.05, 0) is 59.1 Å². The Morgan fingerprint density at radius 3 is 2.48 bits per heavy atom. The minimum atomic E-state index is -0.484. The smallest absolute Gasteiger partial charge is 0.410 e. The van der Waals surface area contributed by atoms with Crippen LogP contribution < -0.4 is 4.90 Å². The van der Waals surface area contributed by atoms with Crippen molar-refractivity contribution < 1.29 is 9.53 Å². The third kappa shape index (κ3) is 4.46. The summed E-state index contributed by atoms with van der Waals surface area (Å²) in [6.07, 6.45) is 3.61. The number of amides is 1. The predicted molar refractivity (Wildman–Crippen MR) is 111 cm³/mol. The lowest BCUT2D eigenvalue weighted by Crippen LogP contribution is -2.59. The number of ether oxygens (including phenoxy) is 1. The molecule has 0 unspecified atom stereocenters. The number of hydrogen-bond acceptors (Lipinski definition) is 6. The normalized spacial score (nSPS) is 20.8. The van der Waals surface area contributed by atoms with Gasteiger partial charge in [-0.2, -0.15) is 0 Å². The number of piperazine rings is 1. The number of rotatable bonds is 2. The number of carbonyl (C=O) groups excluding carboxylic acids is 1. The molecule has 0 radical (unpaired) electrons. The van der Waals surface area contributed by atoms with E-state index in [1.807, 2.05) is 44.2 Å². The molecule has 146 valence electrons. The second kappa shape index (κ2) is 7.54. The highest BCUT2D eigenvalue weighted by Gasteiger charge is 2.35. The number of carbonyl (C=O) groups is 1. The number of aromatic nitrogens is 2. The van der Waals surface area contributed by atoms with Gasteiger partial charge >= 0.3 is 6.09 Å². The van der Waals surface area contributed by atoms with E-state index in [1.54, 1.807) is 11.8 Å². The molecule has 2 aromatic rings. The molecule has 0 saturated carbocycles. The number of anilines is 1. The molecule has 1 aliphatic heterocycles. The van der Waals surface area contributed by atoms with Gasteiger partial charge in [0.1, 0.15) is 5.60 Å². The lowest BCUT2D eigenvalue weighted by atomic mass is 10.1. The molecule has 1 saturated heterocycles. The topological polar surface area (TPSA) is 58.6 Å². The summed E-state index contributed by atoms with van der Waals surface area (Å²) in [6.45, 7) is 11.4. The molecule has 1 aliphatic rings. The minimum Gasteiger partial charge on any atom is -0.444 e. The average Bonchev–Trinajstić information content (AvgIpc) is 2.58. The van der Waals surface area contributed by atoms with Gasteiger partial charge in [-0.3, -0.25) is 4.90 Å². The van der Waals surface area contributed by atoms with Crippen LogP contribution in [0.3, 0.4) is 0 Å². The molecule has 7 heteroatoms. The maximum atomic E-state index is 12.6. The SMILES string of the molecule is CSc1ncc2cc(N3C[C@@H](C)N(C(=O)OC(C)(C)C)[C@@H](C)C3)ccc2n1. The highest BCUT2D eigenvalue weighted by molar-refractivity contribution is 7.98. The van der Waals surface area contributed by atoms with E-state index in [9.17, 15) is 4.79 Å². The summed E-state index contributed by atoms with van der Waals surface area (Å²) in [5.41, 5.74) is 1.60. The Kier molecular flexibility index (Phi) is 5.51. The van der Waals surface area contributed by atoms with Crippen LogP contribution in [0, 0.1) is 0 Å². The van der Waals surface area contributed by atoms with E-state index in [1.165, 1.54) is 0 Å². The van der Waals surface area contributed by atoms with Crippen LogP contribution in [0.1, 0.15) is 34.6 Å². The molecular formula is C20H28N4O2S. The van der Waals surface area contributed by atoms with Crippen molar-refractivity contribution in [2.75, 3.05) is 24.2 Å². The molecule has 3 rings (SSSR count). The standard InChI is InChI=1S/C20H28N4O2S/c1-13-11-23(12-14(2)24(13)19(25)26-20(3,4)5)16-7-8-17-15(9-16)10-21-18(22-17)27-6/h7-10,13-14H,11-12H2,1-6H3/t13-,14+. The fourth-order valence-electron chi connectivity index (χ4n) is 3.51. The summed E-state index contributed by atoms with van der Waals surface area (Å²) in [4.78, 5) is 25.7. The summed E-state index contributed by atoms with van der Waals surface area (Å²) in [7, 11) is 0. The lowest BCUT2D eigenvalue weighted by Gasteiger charge is -2.45. The molecular weight excluding hydrogens is 360 g/mol. The Balaban J connectivity index is 1.78. The number of thioether (sulfide) groups is 1. The van der Waals surface area contributed by atoms with E-state index in [0.29, 0.717) is 0 Å². The van der Waals surface area contributed by atoms with Crippen LogP contribution in [-0.2, 0) is 4.74 Å². The van der Waals surface area contributed by atoms with Crippen LogP contribution in [0.15, 0.2) is 29.6 Å². The van der Waals surface area contributed by atoms with Crippen molar-refractivity contribution in [3.8, 4) is 0 Å². The molecule has 0 N–H and O–H groups in total. The highest BCUT2D eigenvalue weighted by atomic mass is 32.2. The van der Waals surface area contributed by atoms with Crippen molar-refractivity contribution in [1.82, 2.24) is 14.9 Å². The second-order valence-corrected chi connectivity index (χ2v) is 8.86. The summed E-state index contributed by atoms with van der Waals surface area (Å²) >= 11 is 1.54. The molecule has 1 amide bonds. The Bertz CT molecular complexity index is 824. The molecule has 2 atom stereocenters. The van der Waals surface area contributed by atoms with Crippen molar-refractivity contribution in [2.24, 2.45) is 0 Å². The van der Waals surface area contributed by atoms with E-state index < -0.39 is 5.60 Å². The Morgan fingerprint density at radius 2 is 1.89 bits per heavy atom. The second-order valence-electron chi connectivity index (χ2n) is 8.09. The number of nitrogens with zero attached hydrogens (tertiary/aromatic N) is 4.